The lowest BCUT2D eigenvalue weighted by Gasteiger charge is -2.06. The van der Waals surface area contributed by atoms with E-state index >= 15 is 0 Å². The molecule has 2 rings (SSSR count). The lowest BCUT2D eigenvalue weighted by molar-refractivity contribution is 1.04. The molecule has 0 unspecified atom stereocenters. The Hall–Kier alpha value is -0.560. The number of alkyl halides is 1. The van der Waals surface area contributed by atoms with Crippen molar-refractivity contribution in [2.24, 2.45) is 0 Å². The first-order chi connectivity index (χ1) is 6.72. The lowest BCUT2D eigenvalue weighted by atomic mass is 9.99. The van der Waals surface area contributed by atoms with E-state index in [4.69, 9.17) is 0 Å². The average molecular weight is 251 g/mol. The van der Waals surface area contributed by atoms with E-state index in [1.165, 1.54) is 23.1 Å². The molecule has 1 aromatic carbocycles. The number of halogens is 1. The second-order valence-corrected chi connectivity index (χ2v) is 4.80. The molecule has 0 nitrogen and oxygen atoms in total. The molecule has 1 aromatic rings. The van der Waals surface area contributed by atoms with Gasteiger partial charge in [-0.2, -0.15) is 0 Å². The molecule has 1 aliphatic carbocycles. The van der Waals surface area contributed by atoms with Crippen molar-refractivity contribution in [1.82, 2.24) is 0 Å². The van der Waals surface area contributed by atoms with Crippen molar-refractivity contribution in [2.75, 3.05) is 5.33 Å². The van der Waals surface area contributed by atoms with E-state index < -0.39 is 0 Å². The van der Waals surface area contributed by atoms with Gasteiger partial charge in [-0.15, -0.1) is 0 Å². The van der Waals surface area contributed by atoms with Gasteiger partial charge in [-0.3, -0.25) is 0 Å². The second-order valence-electron chi connectivity index (χ2n) is 4.01. The molecule has 0 N–H and O–H groups in total. The van der Waals surface area contributed by atoms with Crippen LogP contribution < -0.4 is 0 Å². The average Bonchev–Trinajstić information content (AvgIpc) is 2.57. The number of rotatable bonds is 2. The van der Waals surface area contributed by atoms with E-state index in [0.29, 0.717) is 0 Å². The van der Waals surface area contributed by atoms with Crippen molar-refractivity contribution in [1.29, 1.82) is 0 Å². The molecular weight excluding hydrogens is 236 g/mol. The van der Waals surface area contributed by atoms with Gasteiger partial charge in [0, 0.05) is 5.33 Å². The predicted molar refractivity (Wildman–Crippen MR) is 66.0 cm³/mol. The summed E-state index contributed by atoms with van der Waals surface area (Å²) in [7, 11) is 0. The molecule has 0 heterocycles. The molecule has 0 bridgehead atoms. The molecule has 0 radical (unpaired) electrons. The van der Waals surface area contributed by atoms with Crippen LogP contribution in [0.4, 0.5) is 0 Å². The first kappa shape index (κ1) is 9.97. The van der Waals surface area contributed by atoms with Gasteiger partial charge in [0.1, 0.15) is 0 Å². The largest absolute Gasteiger partial charge is 0.0925 e. The Kier molecular flexibility index (Phi) is 2.78. The van der Waals surface area contributed by atoms with Gasteiger partial charge in [-0.25, -0.2) is 0 Å². The zero-order valence-corrected chi connectivity index (χ0v) is 10.3. The lowest BCUT2D eigenvalue weighted by Crippen LogP contribution is -1.91. The molecule has 74 valence electrons. The highest BCUT2D eigenvalue weighted by Gasteiger charge is 2.15. The van der Waals surface area contributed by atoms with Crippen LogP contribution in [0.3, 0.4) is 0 Å². The first-order valence-electron chi connectivity index (χ1n) is 5.07. The molecule has 0 saturated heterocycles. The van der Waals surface area contributed by atoms with Crippen LogP contribution in [0.2, 0.25) is 0 Å². The first-order valence-corrected chi connectivity index (χ1v) is 6.19. The van der Waals surface area contributed by atoms with Crippen molar-refractivity contribution in [3.8, 4) is 0 Å². The van der Waals surface area contributed by atoms with Crippen molar-refractivity contribution in [2.45, 2.75) is 26.7 Å². The van der Waals surface area contributed by atoms with Gasteiger partial charge >= 0.3 is 0 Å². The van der Waals surface area contributed by atoms with Crippen LogP contribution in [0.5, 0.6) is 0 Å². The number of hydrogen-bond acceptors (Lipinski definition) is 0. The van der Waals surface area contributed by atoms with Crippen LogP contribution in [-0.4, -0.2) is 5.33 Å². The normalized spacial score (nSPS) is 14.1. The van der Waals surface area contributed by atoms with Gasteiger partial charge in [0.15, 0.2) is 0 Å². The zero-order valence-electron chi connectivity index (χ0n) is 8.73. The van der Waals surface area contributed by atoms with Gasteiger partial charge in [-0.1, -0.05) is 39.7 Å². The summed E-state index contributed by atoms with van der Waals surface area (Å²) in [5, 5.41) is 1.07. The molecule has 0 aromatic heterocycles. The Morgan fingerprint density at radius 2 is 1.93 bits per heavy atom. The Labute approximate surface area is 94.2 Å². The van der Waals surface area contributed by atoms with Crippen molar-refractivity contribution in [3.05, 3.63) is 40.0 Å². The molecule has 0 saturated carbocycles. The molecule has 1 aliphatic rings. The monoisotopic (exact) mass is 250 g/mol. The Morgan fingerprint density at radius 3 is 2.57 bits per heavy atom. The summed E-state index contributed by atoms with van der Waals surface area (Å²) < 4.78 is 0. The maximum absolute atomic E-state index is 3.50. The summed E-state index contributed by atoms with van der Waals surface area (Å²) in [6, 6.07) is 4.46. The maximum Gasteiger partial charge on any atom is 0.00688 e. The third kappa shape index (κ3) is 1.66. The SMILES string of the molecule is Cc1ccc(C)c2c1C=C(CCBr)C2. The fourth-order valence-corrected chi connectivity index (χ4v) is 2.60. The topological polar surface area (TPSA) is 0 Å². The minimum absolute atomic E-state index is 1.07. The van der Waals surface area contributed by atoms with Crippen molar-refractivity contribution in [3.63, 3.8) is 0 Å². The number of benzene rings is 1. The van der Waals surface area contributed by atoms with Crippen LogP contribution >= 0.6 is 15.9 Å². The predicted octanol–water partition coefficient (Wildman–Crippen LogP) is 4.03. The Balaban J connectivity index is 2.40. The van der Waals surface area contributed by atoms with Crippen LogP contribution in [0, 0.1) is 13.8 Å². The van der Waals surface area contributed by atoms with Crippen molar-refractivity contribution < 1.29 is 0 Å². The van der Waals surface area contributed by atoms with E-state index in [9.17, 15) is 0 Å². The second kappa shape index (κ2) is 3.90. The van der Waals surface area contributed by atoms with Crippen LogP contribution in [0.15, 0.2) is 17.7 Å². The molecule has 0 spiro atoms. The van der Waals surface area contributed by atoms with Gasteiger partial charge < -0.3 is 0 Å². The number of hydrogen-bond donors (Lipinski definition) is 0. The summed E-state index contributed by atoms with van der Waals surface area (Å²) in [6.45, 7) is 4.41. The summed E-state index contributed by atoms with van der Waals surface area (Å²) in [6.07, 6.45) is 4.71. The molecular formula is C13H15Br. The molecule has 14 heavy (non-hydrogen) atoms. The van der Waals surface area contributed by atoms with Gasteiger partial charge in [0.05, 0.1) is 0 Å². The van der Waals surface area contributed by atoms with E-state index in [-0.39, 0.29) is 0 Å². The third-order valence-corrected chi connectivity index (χ3v) is 3.37. The molecule has 0 aliphatic heterocycles. The molecule has 1 heteroatoms. The summed E-state index contributed by atoms with van der Waals surface area (Å²) >= 11 is 3.50. The quantitative estimate of drug-likeness (QED) is 0.696. The van der Waals surface area contributed by atoms with Crippen LogP contribution in [-0.2, 0) is 6.42 Å². The highest BCUT2D eigenvalue weighted by Crippen LogP contribution is 2.31. The number of fused-ring (bicyclic) bond motifs is 1. The fourth-order valence-electron chi connectivity index (χ4n) is 2.09. The highest BCUT2D eigenvalue weighted by molar-refractivity contribution is 9.09. The number of aryl methyl sites for hydroxylation is 2. The summed E-state index contributed by atoms with van der Waals surface area (Å²) in [4.78, 5) is 0. The van der Waals surface area contributed by atoms with E-state index in [1.54, 1.807) is 11.1 Å². The number of allylic oxidation sites excluding steroid dienone is 1. The molecule has 0 fully saturated rings. The summed E-state index contributed by atoms with van der Waals surface area (Å²) in [5.74, 6) is 0. The van der Waals surface area contributed by atoms with E-state index in [2.05, 4.69) is 48.0 Å². The minimum Gasteiger partial charge on any atom is -0.0925 e. The maximum atomic E-state index is 3.50. The van der Waals surface area contributed by atoms with Crippen LogP contribution in [0.1, 0.15) is 28.7 Å². The van der Waals surface area contributed by atoms with Gasteiger partial charge in [0.2, 0.25) is 0 Å². The fraction of sp³-hybridized carbons (Fsp3) is 0.385. The summed E-state index contributed by atoms with van der Waals surface area (Å²) in [5.41, 5.74) is 7.43. The third-order valence-electron chi connectivity index (χ3n) is 2.98. The molecule has 0 atom stereocenters. The highest BCUT2D eigenvalue weighted by atomic mass is 79.9. The minimum atomic E-state index is 1.07. The van der Waals surface area contributed by atoms with Gasteiger partial charge in [0.25, 0.3) is 0 Å². The standard InChI is InChI=1S/C13H15Br/c1-9-3-4-10(2)13-8-11(5-6-14)7-12(9)13/h3-4,7H,5-6,8H2,1-2H3. The van der Waals surface area contributed by atoms with E-state index in [0.717, 1.165) is 11.8 Å². The van der Waals surface area contributed by atoms with Gasteiger partial charge in [-0.05, 0) is 48.9 Å². The zero-order chi connectivity index (χ0) is 10.1. The van der Waals surface area contributed by atoms with E-state index in [1.807, 2.05) is 0 Å². The van der Waals surface area contributed by atoms with Crippen molar-refractivity contribution >= 4 is 22.0 Å². The smallest absolute Gasteiger partial charge is 0.00688 e. The Morgan fingerprint density at radius 1 is 1.21 bits per heavy atom. The molecule has 0 amide bonds. The Bertz CT molecular complexity index is 388. The van der Waals surface area contributed by atoms with Crippen LogP contribution in [0.25, 0.3) is 6.08 Å².